The van der Waals surface area contributed by atoms with Crippen LogP contribution in [-0.4, -0.2) is 32.6 Å². The first-order valence-corrected chi connectivity index (χ1v) is 6.88. The molecule has 2 rings (SSSR count). The maximum Gasteiger partial charge on any atom is 0.241 e. The highest BCUT2D eigenvalue weighted by molar-refractivity contribution is 6.31. The summed E-state index contributed by atoms with van der Waals surface area (Å²) in [6.07, 6.45) is 1.04. The van der Waals surface area contributed by atoms with Gasteiger partial charge in [-0.1, -0.05) is 18.5 Å². The molecule has 0 spiro atoms. The molecule has 0 radical (unpaired) electrons. The van der Waals surface area contributed by atoms with E-state index in [1.54, 1.807) is 6.07 Å². The van der Waals surface area contributed by atoms with Crippen molar-refractivity contribution in [1.82, 2.24) is 5.32 Å². The molecule has 2 N–H and O–H groups in total. The second-order valence-corrected chi connectivity index (χ2v) is 5.68. The van der Waals surface area contributed by atoms with Crippen molar-refractivity contribution < 1.29 is 4.79 Å². The molecule has 0 bridgehead atoms. The minimum atomic E-state index is -0.117. The third kappa shape index (κ3) is 3.19. The van der Waals surface area contributed by atoms with E-state index < -0.39 is 0 Å². The Balaban J connectivity index is 2.18. The summed E-state index contributed by atoms with van der Waals surface area (Å²) in [5.74, 6) is 0.373. The fraction of sp³-hybridized carbons (Fsp3) is 0.500. The number of nitrogens with zero attached hydrogens (tertiary/aromatic N) is 1. The van der Waals surface area contributed by atoms with Gasteiger partial charge in [0, 0.05) is 19.1 Å². The smallest absolute Gasteiger partial charge is 0.241 e. The van der Waals surface area contributed by atoms with Crippen molar-refractivity contribution >= 4 is 28.9 Å². The summed E-state index contributed by atoms with van der Waals surface area (Å²) in [4.78, 5) is 14.2. The molecular formula is C14H20ClN3O. The second kappa shape index (κ2) is 5.80. The summed E-state index contributed by atoms with van der Waals surface area (Å²) >= 11 is 6.01. The molecule has 19 heavy (non-hydrogen) atoms. The molecule has 1 saturated heterocycles. The van der Waals surface area contributed by atoms with Gasteiger partial charge >= 0.3 is 0 Å². The molecule has 104 valence electrons. The highest BCUT2D eigenvalue weighted by Gasteiger charge is 2.29. The minimum Gasteiger partial charge on any atom is -0.376 e. The van der Waals surface area contributed by atoms with Gasteiger partial charge in [0.15, 0.2) is 0 Å². The van der Waals surface area contributed by atoms with Crippen molar-refractivity contribution in [2.45, 2.75) is 19.4 Å². The number of hydrogen-bond acceptors (Lipinski definition) is 3. The first-order valence-electron chi connectivity index (χ1n) is 6.50. The lowest BCUT2D eigenvalue weighted by Gasteiger charge is -2.21. The molecular weight excluding hydrogens is 262 g/mol. The number of benzene rings is 1. The fourth-order valence-electron chi connectivity index (χ4n) is 2.39. The molecule has 1 aromatic rings. The molecule has 1 aliphatic rings. The lowest BCUT2D eigenvalue weighted by molar-refractivity contribution is -0.118. The van der Waals surface area contributed by atoms with Gasteiger partial charge in [0.1, 0.15) is 0 Å². The molecule has 0 saturated carbocycles. The van der Waals surface area contributed by atoms with Crippen LogP contribution >= 0.6 is 11.6 Å². The lowest BCUT2D eigenvalue weighted by Crippen LogP contribution is -2.39. The van der Waals surface area contributed by atoms with Crippen molar-refractivity contribution in [2.75, 3.05) is 30.9 Å². The monoisotopic (exact) mass is 281 g/mol. The van der Waals surface area contributed by atoms with Crippen LogP contribution in [0.5, 0.6) is 0 Å². The number of carbonyl (C=O) groups excluding carboxylic acids is 1. The Bertz CT molecular complexity index is 476. The number of amides is 1. The van der Waals surface area contributed by atoms with Crippen LogP contribution in [0.3, 0.4) is 0 Å². The Labute approximate surface area is 119 Å². The molecule has 1 heterocycles. The van der Waals surface area contributed by atoms with Crippen LogP contribution in [0.15, 0.2) is 18.2 Å². The zero-order valence-corrected chi connectivity index (χ0v) is 12.3. The molecule has 1 aromatic carbocycles. The predicted molar refractivity (Wildman–Crippen MR) is 80.0 cm³/mol. The van der Waals surface area contributed by atoms with E-state index in [-0.39, 0.29) is 11.9 Å². The van der Waals surface area contributed by atoms with Crippen molar-refractivity contribution in [3.8, 4) is 0 Å². The van der Waals surface area contributed by atoms with E-state index in [1.807, 2.05) is 31.1 Å². The van der Waals surface area contributed by atoms with Crippen molar-refractivity contribution in [1.29, 1.82) is 0 Å². The van der Waals surface area contributed by atoms with E-state index in [0.717, 1.165) is 24.3 Å². The Morgan fingerprint density at radius 2 is 2.21 bits per heavy atom. The number of nitrogens with one attached hydrogen (secondary N) is 2. The molecule has 1 amide bonds. The van der Waals surface area contributed by atoms with Crippen LogP contribution in [0.25, 0.3) is 0 Å². The summed E-state index contributed by atoms with van der Waals surface area (Å²) in [5.41, 5.74) is 1.70. The quantitative estimate of drug-likeness (QED) is 0.894. The number of carbonyl (C=O) groups is 1. The summed E-state index contributed by atoms with van der Waals surface area (Å²) in [6, 6.07) is 5.40. The minimum absolute atomic E-state index is 0.00960. The Morgan fingerprint density at radius 3 is 2.79 bits per heavy atom. The molecule has 0 aromatic heterocycles. The number of halogens is 1. The van der Waals surface area contributed by atoms with Gasteiger partial charge in [-0.25, -0.2) is 0 Å². The summed E-state index contributed by atoms with van der Waals surface area (Å²) in [7, 11) is 3.88. The van der Waals surface area contributed by atoms with Crippen LogP contribution in [0.4, 0.5) is 11.4 Å². The number of hydrogen-bond donors (Lipinski definition) is 2. The highest BCUT2D eigenvalue weighted by atomic mass is 35.5. The normalized spacial score (nSPS) is 22.3. The Hall–Kier alpha value is -1.26. The molecule has 4 nitrogen and oxygen atoms in total. The lowest BCUT2D eigenvalue weighted by atomic mass is 10.0. The topological polar surface area (TPSA) is 44.4 Å². The third-order valence-corrected chi connectivity index (χ3v) is 3.75. The summed E-state index contributed by atoms with van der Waals surface area (Å²) < 4.78 is 0. The van der Waals surface area contributed by atoms with Gasteiger partial charge in [-0.15, -0.1) is 0 Å². The Kier molecular flexibility index (Phi) is 4.32. The summed E-state index contributed by atoms with van der Waals surface area (Å²) in [6.45, 7) is 2.99. The second-order valence-electron chi connectivity index (χ2n) is 5.24. The van der Waals surface area contributed by atoms with Crippen LogP contribution in [0.2, 0.25) is 5.02 Å². The van der Waals surface area contributed by atoms with Gasteiger partial charge in [-0.3, -0.25) is 4.79 Å². The summed E-state index contributed by atoms with van der Waals surface area (Å²) in [5, 5.41) is 6.83. The molecule has 2 atom stereocenters. The van der Waals surface area contributed by atoms with Crippen LogP contribution in [0, 0.1) is 5.92 Å². The van der Waals surface area contributed by atoms with Crippen LogP contribution in [-0.2, 0) is 4.79 Å². The maximum absolute atomic E-state index is 12.3. The van der Waals surface area contributed by atoms with E-state index in [0.29, 0.717) is 10.9 Å². The highest BCUT2D eigenvalue weighted by Crippen LogP contribution is 2.28. The number of rotatable bonds is 3. The van der Waals surface area contributed by atoms with Gasteiger partial charge in [0.2, 0.25) is 5.91 Å². The van der Waals surface area contributed by atoms with Crippen molar-refractivity contribution in [3.05, 3.63) is 23.2 Å². The van der Waals surface area contributed by atoms with E-state index in [2.05, 4.69) is 17.6 Å². The van der Waals surface area contributed by atoms with Crippen molar-refractivity contribution in [3.63, 3.8) is 0 Å². The molecule has 2 unspecified atom stereocenters. The SMILES string of the molecule is CC1CCNC1C(=O)Nc1cc(Cl)ccc1N(C)C. The molecule has 1 aliphatic heterocycles. The average Bonchev–Trinajstić information content (AvgIpc) is 2.75. The predicted octanol–water partition coefficient (Wildman–Crippen LogP) is 2.34. The largest absolute Gasteiger partial charge is 0.376 e. The van der Waals surface area contributed by atoms with E-state index in [1.165, 1.54) is 0 Å². The zero-order valence-electron chi connectivity index (χ0n) is 11.5. The first-order chi connectivity index (χ1) is 8.99. The van der Waals surface area contributed by atoms with Gasteiger partial charge < -0.3 is 15.5 Å². The van der Waals surface area contributed by atoms with E-state index >= 15 is 0 Å². The van der Waals surface area contributed by atoms with Crippen molar-refractivity contribution in [2.24, 2.45) is 5.92 Å². The van der Waals surface area contributed by atoms with Crippen LogP contribution in [0.1, 0.15) is 13.3 Å². The Morgan fingerprint density at radius 1 is 1.47 bits per heavy atom. The van der Waals surface area contributed by atoms with Gasteiger partial charge in [0.25, 0.3) is 0 Å². The third-order valence-electron chi connectivity index (χ3n) is 3.51. The standard InChI is InChI=1S/C14H20ClN3O/c1-9-6-7-16-13(9)14(19)17-11-8-10(15)4-5-12(11)18(2)3/h4-5,8-9,13,16H,6-7H2,1-3H3,(H,17,19). The van der Waals surface area contributed by atoms with E-state index in [4.69, 9.17) is 11.6 Å². The molecule has 5 heteroatoms. The first kappa shape index (κ1) is 14.2. The van der Waals surface area contributed by atoms with Crippen LogP contribution < -0.4 is 15.5 Å². The number of anilines is 2. The van der Waals surface area contributed by atoms with E-state index in [9.17, 15) is 4.79 Å². The zero-order chi connectivity index (χ0) is 14.0. The molecule has 0 aliphatic carbocycles. The van der Waals surface area contributed by atoms with Gasteiger partial charge in [-0.2, -0.15) is 0 Å². The average molecular weight is 282 g/mol. The fourth-order valence-corrected chi connectivity index (χ4v) is 2.57. The maximum atomic E-state index is 12.3. The van der Waals surface area contributed by atoms with Gasteiger partial charge in [0.05, 0.1) is 17.4 Å². The van der Waals surface area contributed by atoms with Gasteiger partial charge in [-0.05, 0) is 37.1 Å². The molecule has 1 fully saturated rings.